The van der Waals surface area contributed by atoms with E-state index in [1.807, 2.05) is 6.07 Å². The van der Waals surface area contributed by atoms with E-state index in [1.165, 1.54) is 25.7 Å². The van der Waals surface area contributed by atoms with Gasteiger partial charge in [0.1, 0.15) is 5.82 Å². The van der Waals surface area contributed by atoms with Gasteiger partial charge >= 0.3 is 0 Å². The van der Waals surface area contributed by atoms with E-state index in [9.17, 15) is 4.39 Å². The predicted molar refractivity (Wildman–Crippen MR) is 82.0 cm³/mol. The maximum Gasteiger partial charge on any atom is 0.143 e. The van der Waals surface area contributed by atoms with Gasteiger partial charge in [-0.3, -0.25) is 0 Å². The quantitative estimate of drug-likeness (QED) is 0.888. The van der Waals surface area contributed by atoms with Crippen LogP contribution in [0.5, 0.6) is 0 Å². The summed E-state index contributed by atoms with van der Waals surface area (Å²) in [5, 5.41) is 3.96. The van der Waals surface area contributed by atoms with Crippen LogP contribution in [0.3, 0.4) is 0 Å². The van der Waals surface area contributed by atoms with Crippen LogP contribution in [0.4, 0.5) is 10.1 Å². The normalized spacial score (nSPS) is 25.4. The van der Waals surface area contributed by atoms with Crippen LogP contribution in [0.15, 0.2) is 18.2 Å². The third-order valence-corrected chi connectivity index (χ3v) is 5.20. The Morgan fingerprint density at radius 2 is 2.15 bits per heavy atom. The van der Waals surface area contributed by atoms with Crippen molar-refractivity contribution in [1.29, 1.82) is 0 Å². The summed E-state index contributed by atoms with van der Waals surface area (Å²) < 4.78 is 13.8. The van der Waals surface area contributed by atoms with Crippen molar-refractivity contribution in [3.8, 4) is 0 Å². The molecular formula is C16H22ClFN2. The van der Waals surface area contributed by atoms with E-state index in [1.54, 1.807) is 12.1 Å². The number of nitrogens with one attached hydrogen (secondary N) is 1. The lowest BCUT2D eigenvalue weighted by atomic mass is 9.91. The molecule has 2 aliphatic rings. The number of anilines is 1. The number of nitrogens with zero attached hydrogens (tertiary/aromatic N) is 1. The molecule has 0 bridgehead atoms. The molecule has 1 heterocycles. The van der Waals surface area contributed by atoms with Gasteiger partial charge in [0.05, 0.1) is 5.02 Å². The van der Waals surface area contributed by atoms with Crippen molar-refractivity contribution in [1.82, 2.24) is 5.32 Å². The number of benzene rings is 1. The fraction of sp³-hybridized carbons (Fsp3) is 0.625. The summed E-state index contributed by atoms with van der Waals surface area (Å²) in [7, 11) is 0. The lowest BCUT2D eigenvalue weighted by Gasteiger charge is -2.47. The maximum atomic E-state index is 13.8. The average Bonchev–Trinajstić information content (AvgIpc) is 2.90. The minimum absolute atomic E-state index is 0.201. The molecule has 1 unspecified atom stereocenters. The van der Waals surface area contributed by atoms with Crippen molar-refractivity contribution in [3.05, 3.63) is 29.0 Å². The van der Waals surface area contributed by atoms with E-state index < -0.39 is 0 Å². The summed E-state index contributed by atoms with van der Waals surface area (Å²) in [5.41, 5.74) is 1.20. The summed E-state index contributed by atoms with van der Waals surface area (Å²) in [6, 6.07) is 5.63. The molecule has 1 saturated carbocycles. The van der Waals surface area contributed by atoms with E-state index in [2.05, 4.69) is 17.1 Å². The van der Waals surface area contributed by atoms with Gasteiger partial charge in [-0.1, -0.05) is 31.4 Å². The summed E-state index contributed by atoms with van der Waals surface area (Å²) in [6.07, 6.45) is 6.12. The third kappa shape index (κ3) is 2.53. The number of rotatable bonds is 2. The first-order valence-corrected chi connectivity index (χ1v) is 7.98. The van der Waals surface area contributed by atoms with Crippen molar-refractivity contribution in [2.45, 2.75) is 50.6 Å². The van der Waals surface area contributed by atoms with Gasteiger partial charge in [0.2, 0.25) is 0 Å². The second kappa shape index (κ2) is 5.53. The summed E-state index contributed by atoms with van der Waals surface area (Å²) in [4.78, 5) is 2.38. The van der Waals surface area contributed by atoms with Crippen molar-refractivity contribution >= 4 is 17.3 Å². The number of piperazine rings is 1. The van der Waals surface area contributed by atoms with E-state index in [0.717, 1.165) is 25.2 Å². The van der Waals surface area contributed by atoms with E-state index in [-0.39, 0.29) is 16.4 Å². The Balaban J connectivity index is 1.88. The van der Waals surface area contributed by atoms with Gasteiger partial charge in [-0.15, -0.1) is 0 Å². The second-order valence-electron chi connectivity index (χ2n) is 6.16. The van der Waals surface area contributed by atoms with Crippen LogP contribution in [0.2, 0.25) is 5.02 Å². The number of hydrogen-bond acceptors (Lipinski definition) is 2. The van der Waals surface area contributed by atoms with E-state index >= 15 is 0 Å². The zero-order valence-corrected chi connectivity index (χ0v) is 12.7. The fourth-order valence-electron chi connectivity index (χ4n) is 3.67. The largest absolute Gasteiger partial charge is 0.365 e. The Labute approximate surface area is 125 Å². The highest BCUT2D eigenvalue weighted by Gasteiger charge is 2.40. The zero-order valence-electron chi connectivity index (χ0n) is 12.0. The van der Waals surface area contributed by atoms with Gasteiger partial charge in [-0.05, 0) is 37.5 Å². The topological polar surface area (TPSA) is 15.3 Å². The van der Waals surface area contributed by atoms with Crippen molar-refractivity contribution in [3.63, 3.8) is 0 Å². The summed E-state index contributed by atoms with van der Waals surface area (Å²) in [6.45, 7) is 4.16. The van der Waals surface area contributed by atoms with Crippen LogP contribution in [0.1, 0.15) is 39.0 Å². The van der Waals surface area contributed by atoms with E-state index in [4.69, 9.17) is 11.6 Å². The van der Waals surface area contributed by atoms with Gasteiger partial charge in [-0.25, -0.2) is 4.39 Å². The molecule has 2 nitrogen and oxygen atoms in total. The first-order valence-electron chi connectivity index (χ1n) is 7.60. The second-order valence-corrected chi connectivity index (χ2v) is 6.56. The van der Waals surface area contributed by atoms with Crippen molar-refractivity contribution < 1.29 is 4.39 Å². The summed E-state index contributed by atoms with van der Waals surface area (Å²) in [5.74, 6) is -0.321. The molecular weight excluding hydrogens is 275 g/mol. The average molecular weight is 297 g/mol. The Morgan fingerprint density at radius 1 is 1.40 bits per heavy atom. The highest BCUT2D eigenvalue weighted by molar-refractivity contribution is 6.30. The number of hydrogen-bond donors (Lipinski definition) is 1. The fourth-order valence-corrected chi connectivity index (χ4v) is 3.79. The smallest absolute Gasteiger partial charge is 0.143 e. The molecule has 110 valence electrons. The predicted octanol–water partition coefficient (Wildman–Crippen LogP) is 3.98. The van der Waals surface area contributed by atoms with Gasteiger partial charge in [0, 0.05) is 30.4 Å². The number of halogens is 2. The molecule has 0 amide bonds. The molecule has 2 fully saturated rings. The Morgan fingerprint density at radius 3 is 2.80 bits per heavy atom. The van der Waals surface area contributed by atoms with E-state index in [0.29, 0.717) is 6.04 Å². The minimum atomic E-state index is -0.321. The minimum Gasteiger partial charge on any atom is -0.365 e. The Kier molecular flexibility index (Phi) is 3.91. The van der Waals surface area contributed by atoms with Gasteiger partial charge in [-0.2, -0.15) is 0 Å². The standard InChI is InChI=1S/C16H22ClFN2/c1-2-12-10-19-16(7-3-4-8-16)11-20(12)13-5-6-14(17)15(18)9-13/h5-6,9,12,19H,2-4,7-8,10-11H2,1H3. The van der Waals surface area contributed by atoms with Crippen LogP contribution < -0.4 is 10.2 Å². The maximum absolute atomic E-state index is 13.8. The van der Waals surface area contributed by atoms with Crippen molar-refractivity contribution in [2.75, 3.05) is 18.0 Å². The first kappa shape index (κ1) is 14.2. The highest BCUT2D eigenvalue weighted by Crippen LogP contribution is 2.36. The Bertz CT molecular complexity index is 485. The molecule has 0 radical (unpaired) electrons. The molecule has 1 aliphatic carbocycles. The van der Waals surface area contributed by atoms with Gasteiger partial charge < -0.3 is 10.2 Å². The molecule has 3 rings (SSSR count). The van der Waals surface area contributed by atoms with Crippen LogP contribution in [-0.2, 0) is 0 Å². The molecule has 1 spiro atoms. The van der Waals surface area contributed by atoms with Crippen LogP contribution in [0, 0.1) is 5.82 Å². The molecule has 1 aromatic carbocycles. The molecule has 1 N–H and O–H groups in total. The SMILES string of the molecule is CCC1CNC2(CCCC2)CN1c1ccc(Cl)c(F)c1. The third-order valence-electron chi connectivity index (χ3n) is 4.89. The lowest BCUT2D eigenvalue weighted by Crippen LogP contribution is -2.63. The molecule has 20 heavy (non-hydrogen) atoms. The van der Waals surface area contributed by atoms with Crippen LogP contribution in [0.25, 0.3) is 0 Å². The molecule has 1 aliphatic heterocycles. The molecule has 4 heteroatoms. The molecule has 1 saturated heterocycles. The van der Waals surface area contributed by atoms with Gasteiger partial charge in [0.25, 0.3) is 0 Å². The highest BCUT2D eigenvalue weighted by atomic mass is 35.5. The monoisotopic (exact) mass is 296 g/mol. The van der Waals surface area contributed by atoms with Crippen LogP contribution in [-0.4, -0.2) is 24.7 Å². The summed E-state index contributed by atoms with van der Waals surface area (Å²) >= 11 is 5.80. The van der Waals surface area contributed by atoms with Gasteiger partial charge in [0.15, 0.2) is 0 Å². The zero-order chi connectivity index (χ0) is 14.2. The molecule has 0 aromatic heterocycles. The molecule has 1 atom stereocenters. The first-order chi connectivity index (χ1) is 9.63. The Hall–Kier alpha value is -0.800. The van der Waals surface area contributed by atoms with Crippen molar-refractivity contribution in [2.24, 2.45) is 0 Å². The molecule has 1 aromatic rings. The van der Waals surface area contributed by atoms with Crippen LogP contribution >= 0.6 is 11.6 Å². The lowest BCUT2D eigenvalue weighted by molar-refractivity contribution is 0.267.